The maximum absolute atomic E-state index is 9.27. The summed E-state index contributed by atoms with van der Waals surface area (Å²) in [4.78, 5) is 0. The zero-order valence-electron chi connectivity index (χ0n) is 10.7. The lowest BCUT2D eigenvalue weighted by atomic mass is 10.1. The molecule has 0 aliphatic carbocycles. The summed E-state index contributed by atoms with van der Waals surface area (Å²) in [7, 11) is 0. The summed E-state index contributed by atoms with van der Waals surface area (Å²) in [5, 5.41) is 9.27. The SMILES string of the molecule is CCSCCCOc1ccc(CC(C)O)cc1. The van der Waals surface area contributed by atoms with Crippen LogP contribution in [0.4, 0.5) is 0 Å². The first-order valence-electron chi connectivity index (χ1n) is 6.20. The van der Waals surface area contributed by atoms with Gasteiger partial charge in [0.25, 0.3) is 0 Å². The van der Waals surface area contributed by atoms with Gasteiger partial charge in [0.1, 0.15) is 5.75 Å². The van der Waals surface area contributed by atoms with Crippen LogP contribution in [0.2, 0.25) is 0 Å². The number of rotatable bonds is 8. The number of thioether (sulfide) groups is 1. The summed E-state index contributed by atoms with van der Waals surface area (Å²) in [6, 6.07) is 7.99. The monoisotopic (exact) mass is 254 g/mol. The lowest BCUT2D eigenvalue weighted by molar-refractivity contribution is 0.195. The van der Waals surface area contributed by atoms with E-state index < -0.39 is 0 Å². The molecule has 0 saturated carbocycles. The number of aliphatic hydroxyl groups excluding tert-OH is 1. The molecule has 0 saturated heterocycles. The van der Waals surface area contributed by atoms with Gasteiger partial charge in [0, 0.05) is 0 Å². The fourth-order valence-corrected chi connectivity index (χ4v) is 2.17. The Hall–Kier alpha value is -0.670. The summed E-state index contributed by atoms with van der Waals surface area (Å²) >= 11 is 1.94. The second kappa shape index (κ2) is 8.43. The highest BCUT2D eigenvalue weighted by atomic mass is 32.2. The second-order valence-corrected chi connectivity index (χ2v) is 5.49. The lowest BCUT2D eigenvalue weighted by Gasteiger charge is -2.08. The summed E-state index contributed by atoms with van der Waals surface area (Å²) in [5.41, 5.74) is 1.15. The molecule has 17 heavy (non-hydrogen) atoms. The van der Waals surface area contributed by atoms with E-state index in [1.165, 1.54) is 5.75 Å². The van der Waals surface area contributed by atoms with Crippen molar-refractivity contribution < 1.29 is 9.84 Å². The van der Waals surface area contributed by atoms with Crippen molar-refractivity contribution in [2.45, 2.75) is 32.8 Å². The summed E-state index contributed by atoms with van der Waals surface area (Å²) in [5.74, 6) is 3.26. The minimum absolute atomic E-state index is 0.284. The van der Waals surface area contributed by atoms with Crippen molar-refractivity contribution in [1.82, 2.24) is 0 Å². The van der Waals surface area contributed by atoms with Gasteiger partial charge in [-0.1, -0.05) is 19.1 Å². The maximum Gasteiger partial charge on any atom is 0.119 e. The molecule has 2 nitrogen and oxygen atoms in total. The molecule has 0 aliphatic heterocycles. The van der Waals surface area contributed by atoms with Crippen LogP contribution in [0, 0.1) is 0 Å². The molecule has 0 aromatic heterocycles. The largest absolute Gasteiger partial charge is 0.494 e. The number of aliphatic hydroxyl groups is 1. The highest BCUT2D eigenvalue weighted by Gasteiger charge is 1.99. The number of hydrogen-bond acceptors (Lipinski definition) is 3. The second-order valence-electron chi connectivity index (χ2n) is 4.10. The minimum atomic E-state index is -0.284. The van der Waals surface area contributed by atoms with Crippen molar-refractivity contribution in [2.75, 3.05) is 18.1 Å². The Morgan fingerprint density at radius 1 is 1.29 bits per heavy atom. The van der Waals surface area contributed by atoms with Gasteiger partial charge in [-0.15, -0.1) is 0 Å². The standard InChI is InChI=1S/C14H22O2S/c1-3-17-10-4-9-16-14-7-5-13(6-8-14)11-12(2)15/h5-8,12,15H,3-4,9-11H2,1-2H3. The zero-order chi connectivity index (χ0) is 12.5. The van der Waals surface area contributed by atoms with Gasteiger partial charge in [0.2, 0.25) is 0 Å². The average Bonchev–Trinajstić information content (AvgIpc) is 2.30. The molecule has 0 amide bonds. The normalized spacial score (nSPS) is 12.4. The van der Waals surface area contributed by atoms with Crippen LogP contribution in [0.25, 0.3) is 0 Å². The number of ether oxygens (including phenoxy) is 1. The van der Waals surface area contributed by atoms with E-state index >= 15 is 0 Å². The van der Waals surface area contributed by atoms with Crippen LogP contribution in [-0.2, 0) is 6.42 Å². The molecule has 1 N–H and O–H groups in total. The van der Waals surface area contributed by atoms with Crippen molar-refractivity contribution in [3.8, 4) is 5.75 Å². The summed E-state index contributed by atoms with van der Waals surface area (Å²) in [6.45, 7) is 4.75. The molecule has 0 bridgehead atoms. The van der Waals surface area contributed by atoms with Crippen LogP contribution in [0.5, 0.6) is 5.75 Å². The molecule has 1 unspecified atom stereocenters. The Balaban J connectivity index is 2.25. The van der Waals surface area contributed by atoms with Crippen molar-refractivity contribution >= 4 is 11.8 Å². The van der Waals surface area contributed by atoms with E-state index in [4.69, 9.17) is 4.74 Å². The fourth-order valence-electron chi connectivity index (χ4n) is 1.56. The zero-order valence-corrected chi connectivity index (χ0v) is 11.5. The van der Waals surface area contributed by atoms with Crippen molar-refractivity contribution in [1.29, 1.82) is 0 Å². The molecular formula is C14H22O2S. The lowest BCUT2D eigenvalue weighted by Crippen LogP contribution is -2.04. The molecule has 0 spiro atoms. The fraction of sp³-hybridized carbons (Fsp3) is 0.571. The Kier molecular flexibility index (Phi) is 7.13. The maximum atomic E-state index is 9.27. The van der Waals surface area contributed by atoms with E-state index in [1.807, 2.05) is 36.0 Å². The Labute approximate surface area is 108 Å². The molecule has 0 aliphatic rings. The molecular weight excluding hydrogens is 232 g/mol. The third-order valence-electron chi connectivity index (χ3n) is 2.36. The van der Waals surface area contributed by atoms with Crippen LogP contribution in [0.1, 0.15) is 25.8 Å². The van der Waals surface area contributed by atoms with Gasteiger partial charge in [0.05, 0.1) is 12.7 Å². The molecule has 96 valence electrons. The third-order valence-corrected chi connectivity index (χ3v) is 3.35. The van der Waals surface area contributed by atoms with E-state index in [2.05, 4.69) is 6.92 Å². The van der Waals surface area contributed by atoms with E-state index in [-0.39, 0.29) is 6.10 Å². The molecule has 1 atom stereocenters. The van der Waals surface area contributed by atoms with Gasteiger partial charge in [-0.3, -0.25) is 0 Å². The van der Waals surface area contributed by atoms with Crippen LogP contribution in [0.15, 0.2) is 24.3 Å². The van der Waals surface area contributed by atoms with Gasteiger partial charge < -0.3 is 9.84 Å². The molecule has 1 aromatic rings. The first kappa shape index (κ1) is 14.4. The third kappa shape index (κ3) is 6.59. The average molecular weight is 254 g/mol. The first-order chi connectivity index (χ1) is 8.22. The predicted octanol–water partition coefficient (Wildman–Crippen LogP) is 3.13. The smallest absolute Gasteiger partial charge is 0.119 e. The van der Waals surface area contributed by atoms with Gasteiger partial charge >= 0.3 is 0 Å². The quantitative estimate of drug-likeness (QED) is 0.723. The molecule has 0 heterocycles. The summed E-state index contributed by atoms with van der Waals surface area (Å²) < 4.78 is 5.64. The first-order valence-corrected chi connectivity index (χ1v) is 7.35. The van der Waals surface area contributed by atoms with Crippen molar-refractivity contribution in [2.24, 2.45) is 0 Å². The Morgan fingerprint density at radius 2 is 2.00 bits per heavy atom. The molecule has 0 radical (unpaired) electrons. The number of benzene rings is 1. The van der Waals surface area contributed by atoms with Gasteiger partial charge in [-0.25, -0.2) is 0 Å². The van der Waals surface area contributed by atoms with E-state index in [0.717, 1.165) is 30.1 Å². The van der Waals surface area contributed by atoms with E-state index in [9.17, 15) is 5.11 Å². The van der Waals surface area contributed by atoms with Crippen LogP contribution >= 0.6 is 11.8 Å². The Bertz CT molecular complexity index is 296. The van der Waals surface area contributed by atoms with Gasteiger partial charge in [0.15, 0.2) is 0 Å². The van der Waals surface area contributed by atoms with Crippen LogP contribution in [0.3, 0.4) is 0 Å². The highest BCUT2D eigenvalue weighted by molar-refractivity contribution is 7.99. The Morgan fingerprint density at radius 3 is 2.59 bits per heavy atom. The van der Waals surface area contributed by atoms with Crippen molar-refractivity contribution in [3.63, 3.8) is 0 Å². The predicted molar refractivity (Wildman–Crippen MR) is 74.9 cm³/mol. The summed E-state index contributed by atoms with van der Waals surface area (Å²) in [6.07, 6.45) is 1.51. The van der Waals surface area contributed by atoms with Crippen LogP contribution in [-0.4, -0.2) is 29.3 Å². The van der Waals surface area contributed by atoms with Gasteiger partial charge in [-0.05, 0) is 49.0 Å². The van der Waals surface area contributed by atoms with Crippen molar-refractivity contribution in [3.05, 3.63) is 29.8 Å². The molecule has 1 aromatic carbocycles. The highest BCUT2D eigenvalue weighted by Crippen LogP contribution is 2.14. The molecule has 1 rings (SSSR count). The van der Waals surface area contributed by atoms with E-state index in [0.29, 0.717) is 6.42 Å². The van der Waals surface area contributed by atoms with Crippen LogP contribution < -0.4 is 4.74 Å². The molecule has 0 fully saturated rings. The van der Waals surface area contributed by atoms with Gasteiger partial charge in [-0.2, -0.15) is 11.8 Å². The topological polar surface area (TPSA) is 29.5 Å². The van der Waals surface area contributed by atoms with E-state index in [1.54, 1.807) is 6.92 Å². The minimum Gasteiger partial charge on any atom is -0.494 e. The molecule has 3 heteroatoms. The number of hydrogen-bond donors (Lipinski definition) is 1.